The summed E-state index contributed by atoms with van der Waals surface area (Å²) in [7, 11) is 0. The van der Waals surface area contributed by atoms with Gasteiger partial charge in [0, 0.05) is 6.42 Å². The molecule has 0 aromatic rings. The fourth-order valence-corrected chi connectivity index (χ4v) is 2.86. The first-order valence-electron chi connectivity index (χ1n) is 10.8. The van der Waals surface area contributed by atoms with Gasteiger partial charge in [-0.2, -0.15) is 0 Å². The van der Waals surface area contributed by atoms with Crippen LogP contribution in [0.2, 0.25) is 0 Å². The van der Waals surface area contributed by atoms with E-state index in [1.165, 1.54) is 38.5 Å². The summed E-state index contributed by atoms with van der Waals surface area (Å²) in [6.45, 7) is 8.95. The van der Waals surface area contributed by atoms with Crippen LogP contribution in [0.5, 0.6) is 0 Å². The number of carbonyl (C=O) groups is 3. The smallest absolute Gasteiger partial charge is 0.349 e. The molecule has 0 amide bonds. The monoisotopic (exact) mass is 400 g/mol. The number of ether oxygens (including phenoxy) is 2. The van der Waals surface area contributed by atoms with Crippen molar-refractivity contribution in [1.29, 1.82) is 0 Å². The average molecular weight is 401 g/mol. The van der Waals surface area contributed by atoms with Crippen molar-refractivity contribution in [2.75, 3.05) is 0 Å². The molecular formula is C22H40O6. The Labute approximate surface area is 170 Å². The summed E-state index contributed by atoms with van der Waals surface area (Å²) in [6, 6.07) is 0. The molecule has 0 fully saturated rings. The number of rotatable bonds is 16. The second-order valence-electron chi connectivity index (χ2n) is 8.13. The van der Waals surface area contributed by atoms with Crippen molar-refractivity contribution in [2.24, 2.45) is 11.8 Å². The van der Waals surface area contributed by atoms with E-state index in [-0.39, 0.29) is 12.3 Å². The first-order valence-corrected chi connectivity index (χ1v) is 10.8. The Morgan fingerprint density at radius 1 is 0.786 bits per heavy atom. The Bertz CT molecular complexity index is 458. The third-order valence-electron chi connectivity index (χ3n) is 4.67. The molecule has 0 aliphatic heterocycles. The first kappa shape index (κ1) is 26.4. The van der Waals surface area contributed by atoms with Crippen molar-refractivity contribution in [2.45, 2.75) is 111 Å². The Morgan fingerprint density at radius 3 is 1.71 bits per heavy atom. The molecule has 2 unspecified atom stereocenters. The van der Waals surface area contributed by atoms with E-state index < -0.39 is 36.0 Å². The van der Waals surface area contributed by atoms with Crippen molar-refractivity contribution in [3.63, 3.8) is 0 Å². The summed E-state index contributed by atoms with van der Waals surface area (Å²) in [5.41, 5.74) is 0. The van der Waals surface area contributed by atoms with E-state index in [4.69, 9.17) is 9.47 Å². The molecule has 0 aromatic heterocycles. The van der Waals surface area contributed by atoms with Crippen molar-refractivity contribution in [1.82, 2.24) is 0 Å². The number of carboxylic acids is 1. The Balaban J connectivity index is 4.34. The van der Waals surface area contributed by atoms with Gasteiger partial charge in [0.25, 0.3) is 0 Å². The van der Waals surface area contributed by atoms with E-state index in [0.717, 1.165) is 19.3 Å². The van der Waals surface area contributed by atoms with Crippen LogP contribution in [0.1, 0.15) is 98.8 Å². The van der Waals surface area contributed by atoms with Crippen LogP contribution in [-0.4, -0.2) is 35.2 Å². The normalized spacial score (nSPS) is 13.4. The number of unbranched alkanes of at least 4 members (excludes halogenated alkanes) is 8. The molecule has 0 spiro atoms. The number of esters is 2. The summed E-state index contributed by atoms with van der Waals surface area (Å²) in [6.07, 6.45) is 8.09. The fraction of sp³-hybridized carbons (Fsp3) is 0.864. The Kier molecular flexibility index (Phi) is 14.5. The largest absolute Gasteiger partial charge is 0.478 e. The maximum atomic E-state index is 12.2. The SMILES string of the molecule is CCCCCCCCCCCC(=O)OC(C(C)C)C(OC(=O)C(C)C)C(=O)O. The van der Waals surface area contributed by atoms with Gasteiger partial charge in [-0.15, -0.1) is 0 Å². The van der Waals surface area contributed by atoms with E-state index in [0.29, 0.717) is 0 Å². The van der Waals surface area contributed by atoms with Crippen LogP contribution in [-0.2, 0) is 23.9 Å². The van der Waals surface area contributed by atoms with Gasteiger partial charge in [0.1, 0.15) is 0 Å². The maximum Gasteiger partial charge on any atom is 0.349 e. The zero-order chi connectivity index (χ0) is 21.5. The zero-order valence-corrected chi connectivity index (χ0v) is 18.4. The molecule has 28 heavy (non-hydrogen) atoms. The van der Waals surface area contributed by atoms with E-state index in [2.05, 4.69) is 6.92 Å². The lowest BCUT2D eigenvalue weighted by atomic mass is 10.0. The zero-order valence-electron chi connectivity index (χ0n) is 18.4. The van der Waals surface area contributed by atoms with E-state index in [1.54, 1.807) is 27.7 Å². The molecule has 0 aromatic carbocycles. The van der Waals surface area contributed by atoms with Crippen LogP contribution in [0.3, 0.4) is 0 Å². The highest BCUT2D eigenvalue weighted by Crippen LogP contribution is 2.18. The maximum absolute atomic E-state index is 12.2. The molecule has 164 valence electrons. The molecular weight excluding hydrogens is 360 g/mol. The highest BCUT2D eigenvalue weighted by molar-refractivity contribution is 5.80. The minimum atomic E-state index is -1.48. The van der Waals surface area contributed by atoms with E-state index in [9.17, 15) is 19.5 Å². The predicted octanol–water partition coefficient (Wildman–Crippen LogP) is 5.13. The lowest BCUT2D eigenvalue weighted by molar-refractivity contribution is -0.184. The summed E-state index contributed by atoms with van der Waals surface area (Å²) in [5, 5.41) is 9.42. The molecule has 0 aliphatic rings. The molecule has 0 radical (unpaired) electrons. The van der Waals surface area contributed by atoms with Crippen molar-refractivity contribution >= 4 is 17.9 Å². The second-order valence-corrected chi connectivity index (χ2v) is 8.13. The van der Waals surface area contributed by atoms with Crippen molar-refractivity contribution in [3.8, 4) is 0 Å². The first-order chi connectivity index (χ1) is 13.2. The number of hydrogen-bond donors (Lipinski definition) is 1. The lowest BCUT2D eigenvalue weighted by Gasteiger charge is -2.27. The molecule has 1 N–H and O–H groups in total. The number of hydrogen-bond acceptors (Lipinski definition) is 5. The van der Waals surface area contributed by atoms with E-state index in [1.807, 2.05) is 0 Å². The standard InChI is InChI=1S/C22H40O6/c1-6-7-8-9-10-11-12-13-14-15-18(23)27-19(16(2)3)20(21(24)25)28-22(26)17(4)5/h16-17,19-20H,6-15H2,1-5H3,(H,24,25). The van der Waals surface area contributed by atoms with Gasteiger partial charge in [-0.1, -0.05) is 86.0 Å². The molecule has 0 rings (SSSR count). The molecule has 6 heteroatoms. The van der Waals surface area contributed by atoms with Gasteiger partial charge in [-0.25, -0.2) is 4.79 Å². The third-order valence-corrected chi connectivity index (χ3v) is 4.67. The van der Waals surface area contributed by atoms with Crippen LogP contribution >= 0.6 is 0 Å². The number of carbonyl (C=O) groups excluding carboxylic acids is 2. The summed E-state index contributed by atoms with van der Waals surface area (Å²) in [4.78, 5) is 35.5. The predicted molar refractivity (Wildman–Crippen MR) is 109 cm³/mol. The molecule has 2 atom stereocenters. The minimum absolute atomic E-state index is 0.253. The summed E-state index contributed by atoms with van der Waals surface area (Å²) in [5.74, 6) is -3.09. The van der Waals surface area contributed by atoms with Gasteiger partial charge in [0.2, 0.25) is 6.10 Å². The van der Waals surface area contributed by atoms with E-state index >= 15 is 0 Å². The van der Waals surface area contributed by atoms with Crippen LogP contribution in [0.25, 0.3) is 0 Å². The molecule has 0 saturated carbocycles. The van der Waals surface area contributed by atoms with Gasteiger partial charge in [0.05, 0.1) is 5.92 Å². The summed E-state index contributed by atoms with van der Waals surface area (Å²) < 4.78 is 10.5. The molecule has 0 saturated heterocycles. The lowest BCUT2D eigenvalue weighted by Crippen LogP contribution is -2.44. The number of aliphatic carboxylic acids is 1. The van der Waals surface area contributed by atoms with Crippen molar-refractivity contribution in [3.05, 3.63) is 0 Å². The molecule has 0 heterocycles. The Morgan fingerprint density at radius 2 is 1.29 bits per heavy atom. The minimum Gasteiger partial charge on any atom is -0.478 e. The highest BCUT2D eigenvalue weighted by atomic mass is 16.6. The average Bonchev–Trinajstić information content (AvgIpc) is 2.62. The van der Waals surface area contributed by atoms with Crippen LogP contribution < -0.4 is 0 Å². The van der Waals surface area contributed by atoms with Gasteiger partial charge in [-0.3, -0.25) is 9.59 Å². The van der Waals surface area contributed by atoms with Gasteiger partial charge < -0.3 is 14.6 Å². The van der Waals surface area contributed by atoms with Crippen molar-refractivity contribution < 1.29 is 29.0 Å². The van der Waals surface area contributed by atoms with Gasteiger partial charge in [-0.05, 0) is 12.3 Å². The second kappa shape index (κ2) is 15.3. The molecule has 0 bridgehead atoms. The topological polar surface area (TPSA) is 89.9 Å². The van der Waals surface area contributed by atoms with Crippen LogP contribution in [0.15, 0.2) is 0 Å². The fourth-order valence-electron chi connectivity index (χ4n) is 2.86. The van der Waals surface area contributed by atoms with Crippen LogP contribution in [0, 0.1) is 11.8 Å². The van der Waals surface area contributed by atoms with Crippen LogP contribution in [0.4, 0.5) is 0 Å². The quantitative estimate of drug-likeness (QED) is 0.285. The van der Waals surface area contributed by atoms with Gasteiger partial charge >= 0.3 is 17.9 Å². The van der Waals surface area contributed by atoms with Gasteiger partial charge in [0.15, 0.2) is 6.10 Å². The highest BCUT2D eigenvalue weighted by Gasteiger charge is 2.37. The third kappa shape index (κ3) is 12.0. The molecule has 0 aliphatic carbocycles. The summed E-state index contributed by atoms with van der Waals surface area (Å²) >= 11 is 0. The molecule has 6 nitrogen and oxygen atoms in total. The Hall–Kier alpha value is -1.59. The number of carboxylic acid groups (broad SMARTS) is 1.